The third kappa shape index (κ3) is 8.80. The molecule has 30 heavy (non-hydrogen) atoms. The van der Waals surface area contributed by atoms with E-state index in [1.807, 2.05) is 7.05 Å². The predicted octanol–water partition coefficient (Wildman–Crippen LogP) is 2.03. The molecular formula is C23H46N6O. The molecule has 2 heterocycles. The van der Waals surface area contributed by atoms with E-state index in [1.54, 1.807) is 0 Å². The van der Waals surface area contributed by atoms with E-state index in [4.69, 9.17) is 5.73 Å². The number of carbonyl (C=O) groups is 1. The molecule has 0 aromatic carbocycles. The van der Waals surface area contributed by atoms with Crippen LogP contribution in [0.4, 0.5) is 0 Å². The lowest BCUT2D eigenvalue weighted by Crippen LogP contribution is -2.49. The molecule has 2 aliphatic rings. The van der Waals surface area contributed by atoms with E-state index in [-0.39, 0.29) is 11.8 Å². The van der Waals surface area contributed by atoms with Gasteiger partial charge in [-0.05, 0) is 77.2 Å². The Hall–Kier alpha value is -1.34. The summed E-state index contributed by atoms with van der Waals surface area (Å²) in [5.41, 5.74) is 5.42. The summed E-state index contributed by atoms with van der Waals surface area (Å²) in [7, 11) is 1.86. The number of nitrogens with one attached hydrogen (secondary N) is 2. The standard InChI is InChI=1S/C23H46N6O/c1-19(2)21(29-14-7-4-5-8-15-29)18-27-23(25-3)26-12-6-9-13-28-16-10-20(11-17-28)22(24)30/h19-21H,4-18H2,1-3H3,(H2,24,30)(H2,25,26,27). The van der Waals surface area contributed by atoms with Crippen molar-refractivity contribution in [3.8, 4) is 0 Å². The zero-order chi connectivity index (χ0) is 21.8. The molecule has 0 saturated carbocycles. The number of likely N-dealkylation sites (tertiary alicyclic amines) is 2. The highest BCUT2D eigenvalue weighted by Crippen LogP contribution is 2.18. The fourth-order valence-electron chi connectivity index (χ4n) is 4.74. The number of carbonyl (C=O) groups excluding carboxylic acids is 1. The summed E-state index contributed by atoms with van der Waals surface area (Å²) in [5, 5.41) is 7.05. The first-order valence-corrected chi connectivity index (χ1v) is 12.2. The van der Waals surface area contributed by atoms with Crippen molar-refractivity contribution in [1.29, 1.82) is 0 Å². The van der Waals surface area contributed by atoms with Gasteiger partial charge in [-0.2, -0.15) is 0 Å². The number of aliphatic imine (C=N–C) groups is 1. The van der Waals surface area contributed by atoms with Crippen molar-refractivity contribution < 1.29 is 4.79 Å². The monoisotopic (exact) mass is 422 g/mol. The highest BCUT2D eigenvalue weighted by molar-refractivity contribution is 5.79. The zero-order valence-electron chi connectivity index (χ0n) is 19.7. The molecule has 0 aromatic heterocycles. The predicted molar refractivity (Wildman–Crippen MR) is 126 cm³/mol. The summed E-state index contributed by atoms with van der Waals surface area (Å²) in [6.07, 6.45) is 9.52. The number of unbranched alkanes of at least 4 members (excludes halogenated alkanes) is 1. The number of guanidine groups is 1. The van der Waals surface area contributed by atoms with Crippen LogP contribution < -0.4 is 16.4 Å². The molecule has 1 amide bonds. The van der Waals surface area contributed by atoms with E-state index in [2.05, 4.69) is 39.3 Å². The third-order valence-corrected chi connectivity index (χ3v) is 6.76. The number of rotatable bonds is 10. The van der Waals surface area contributed by atoms with Crippen LogP contribution in [0.3, 0.4) is 0 Å². The van der Waals surface area contributed by atoms with Crippen molar-refractivity contribution >= 4 is 11.9 Å². The second-order valence-electron chi connectivity index (χ2n) is 9.37. The van der Waals surface area contributed by atoms with Crippen LogP contribution in [-0.2, 0) is 4.79 Å². The largest absolute Gasteiger partial charge is 0.369 e. The molecule has 1 atom stereocenters. The van der Waals surface area contributed by atoms with Gasteiger partial charge in [0.25, 0.3) is 0 Å². The lowest BCUT2D eigenvalue weighted by atomic mass is 9.96. The van der Waals surface area contributed by atoms with Crippen LogP contribution in [0, 0.1) is 11.8 Å². The highest BCUT2D eigenvalue weighted by Gasteiger charge is 2.23. The van der Waals surface area contributed by atoms with E-state index >= 15 is 0 Å². The van der Waals surface area contributed by atoms with Gasteiger partial charge in [0.15, 0.2) is 5.96 Å². The molecule has 0 aliphatic carbocycles. The number of hydrogen-bond acceptors (Lipinski definition) is 4. The molecule has 4 N–H and O–H groups in total. The molecule has 0 bridgehead atoms. The molecule has 7 nitrogen and oxygen atoms in total. The Labute approximate surface area is 184 Å². The Bertz CT molecular complexity index is 508. The van der Waals surface area contributed by atoms with E-state index in [0.717, 1.165) is 64.4 Å². The number of primary amides is 1. The highest BCUT2D eigenvalue weighted by atomic mass is 16.1. The number of nitrogens with two attached hydrogens (primary N) is 1. The van der Waals surface area contributed by atoms with Crippen LogP contribution in [-0.4, -0.2) is 80.6 Å². The van der Waals surface area contributed by atoms with E-state index in [1.165, 1.54) is 38.8 Å². The molecule has 7 heteroatoms. The van der Waals surface area contributed by atoms with Crippen molar-refractivity contribution in [1.82, 2.24) is 20.4 Å². The first kappa shape index (κ1) is 24.9. The second kappa shape index (κ2) is 13.9. The van der Waals surface area contributed by atoms with Crippen LogP contribution in [0.5, 0.6) is 0 Å². The average Bonchev–Trinajstić information content (AvgIpc) is 3.01. The Morgan fingerprint density at radius 2 is 1.70 bits per heavy atom. The molecular weight excluding hydrogens is 376 g/mol. The van der Waals surface area contributed by atoms with Crippen LogP contribution in [0.25, 0.3) is 0 Å². The van der Waals surface area contributed by atoms with Gasteiger partial charge in [0.05, 0.1) is 0 Å². The van der Waals surface area contributed by atoms with Gasteiger partial charge >= 0.3 is 0 Å². The van der Waals surface area contributed by atoms with Crippen LogP contribution in [0.15, 0.2) is 4.99 Å². The molecule has 2 fully saturated rings. The first-order valence-electron chi connectivity index (χ1n) is 12.2. The maximum absolute atomic E-state index is 11.3. The topological polar surface area (TPSA) is 86.0 Å². The van der Waals surface area contributed by atoms with Crippen LogP contribution in [0.1, 0.15) is 65.2 Å². The minimum Gasteiger partial charge on any atom is -0.369 e. The zero-order valence-corrected chi connectivity index (χ0v) is 19.7. The SMILES string of the molecule is CN=C(NCCCCN1CCC(C(N)=O)CC1)NCC(C(C)C)N1CCCCCC1. The van der Waals surface area contributed by atoms with Gasteiger partial charge in [0, 0.05) is 32.1 Å². The Morgan fingerprint density at radius 1 is 1.03 bits per heavy atom. The van der Waals surface area contributed by atoms with Gasteiger partial charge < -0.3 is 21.3 Å². The summed E-state index contributed by atoms with van der Waals surface area (Å²) in [4.78, 5) is 20.8. The van der Waals surface area contributed by atoms with Crippen molar-refractivity contribution in [2.24, 2.45) is 22.6 Å². The lowest BCUT2D eigenvalue weighted by Gasteiger charge is -2.34. The van der Waals surface area contributed by atoms with Gasteiger partial charge in [0.1, 0.15) is 0 Å². The molecule has 2 aliphatic heterocycles. The van der Waals surface area contributed by atoms with Gasteiger partial charge in [0.2, 0.25) is 5.91 Å². The second-order valence-corrected chi connectivity index (χ2v) is 9.37. The summed E-state index contributed by atoms with van der Waals surface area (Å²) >= 11 is 0. The number of piperidine rings is 1. The van der Waals surface area contributed by atoms with Crippen molar-refractivity contribution in [3.63, 3.8) is 0 Å². The Kier molecular flexibility index (Phi) is 11.5. The van der Waals surface area contributed by atoms with Crippen molar-refractivity contribution in [2.45, 2.75) is 71.3 Å². The number of amides is 1. The quantitative estimate of drug-likeness (QED) is 0.285. The normalized spacial score (nSPS) is 21.4. The van der Waals surface area contributed by atoms with E-state index in [0.29, 0.717) is 12.0 Å². The van der Waals surface area contributed by atoms with E-state index in [9.17, 15) is 4.79 Å². The van der Waals surface area contributed by atoms with Gasteiger partial charge in [-0.3, -0.25) is 14.7 Å². The molecule has 1 unspecified atom stereocenters. The summed E-state index contributed by atoms with van der Waals surface area (Å²) in [6, 6.07) is 0.560. The molecule has 2 saturated heterocycles. The minimum atomic E-state index is -0.131. The fourth-order valence-corrected chi connectivity index (χ4v) is 4.74. The number of hydrogen-bond donors (Lipinski definition) is 3. The van der Waals surface area contributed by atoms with Gasteiger partial charge in [-0.15, -0.1) is 0 Å². The van der Waals surface area contributed by atoms with Crippen molar-refractivity contribution in [2.75, 3.05) is 52.9 Å². The van der Waals surface area contributed by atoms with Crippen LogP contribution >= 0.6 is 0 Å². The Balaban J connectivity index is 1.61. The molecule has 0 radical (unpaired) electrons. The van der Waals surface area contributed by atoms with E-state index < -0.39 is 0 Å². The van der Waals surface area contributed by atoms with Gasteiger partial charge in [-0.25, -0.2) is 0 Å². The minimum absolute atomic E-state index is 0.0845. The third-order valence-electron chi connectivity index (χ3n) is 6.76. The van der Waals surface area contributed by atoms with Gasteiger partial charge in [-0.1, -0.05) is 26.7 Å². The van der Waals surface area contributed by atoms with Crippen LogP contribution in [0.2, 0.25) is 0 Å². The molecule has 174 valence electrons. The first-order chi connectivity index (χ1) is 14.5. The number of nitrogens with zero attached hydrogens (tertiary/aromatic N) is 3. The van der Waals surface area contributed by atoms with Crippen molar-refractivity contribution in [3.05, 3.63) is 0 Å². The fraction of sp³-hybridized carbons (Fsp3) is 0.913. The Morgan fingerprint density at radius 3 is 2.27 bits per heavy atom. The average molecular weight is 423 g/mol. The lowest BCUT2D eigenvalue weighted by molar-refractivity contribution is -0.123. The maximum Gasteiger partial charge on any atom is 0.220 e. The summed E-state index contributed by atoms with van der Waals surface area (Å²) in [5.74, 6) is 1.50. The molecule has 0 aromatic rings. The summed E-state index contributed by atoms with van der Waals surface area (Å²) in [6.45, 7) is 12.1. The molecule has 2 rings (SSSR count). The molecule has 0 spiro atoms. The maximum atomic E-state index is 11.3. The smallest absolute Gasteiger partial charge is 0.220 e. The summed E-state index contributed by atoms with van der Waals surface area (Å²) < 4.78 is 0.